The van der Waals surface area contributed by atoms with Gasteiger partial charge in [0, 0.05) is 5.69 Å². The van der Waals surface area contributed by atoms with Gasteiger partial charge < -0.3 is 11.1 Å². The molecular weight excluding hydrogens is 262 g/mol. The molecule has 0 amide bonds. The van der Waals surface area contributed by atoms with Crippen molar-refractivity contribution in [3.05, 3.63) is 60.7 Å². The van der Waals surface area contributed by atoms with E-state index in [4.69, 9.17) is 5.73 Å². The first-order valence-electron chi connectivity index (χ1n) is 5.55. The maximum absolute atomic E-state index is 11.9. The number of benzene rings is 2. The Morgan fingerprint density at radius 3 is 2.05 bits per heavy atom. The lowest BCUT2D eigenvalue weighted by atomic mass is 10.3. The number of para-hydroxylation sites is 1. The van der Waals surface area contributed by atoms with E-state index in [1.165, 1.54) is 12.1 Å². The first-order valence-corrected chi connectivity index (χ1v) is 6.99. The van der Waals surface area contributed by atoms with Gasteiger partial charge in [-0.1, -0.05) is 36.4 Å². The minimum absolute atomic E-state index is 0.104. The van der Waals surface area contributed by atoms with Gasteiger partial charge in [-0.2, -0.15) is 8.42 Å². The van der Waals surface area contributed by atoms with Gasteiger partial charge in [0.15, 0.2) is 0 Å². The third-order valence-corrected chi connectivity index (χ3v) is 3.61. The fourth-order valence-electron chi connectivity index (χ4n) is 1.47. The molecule has 0 spiro atoms. The summed E-state index contributed by atoms with van der Waals surface area (Å²) in [6.45, 7) is 0. The Labute approximate surface area is 111 Å². The number of nitrogens with two attached hydrogens (primary N) is 1. The lowest BCUT2D eigenvalue weighted by Crippen LogP contribution is -2.24. The molecule has 98 valence electrons. The summed E-state index contributed by atoms with van der Waals surface area (Å²) in [5, 5.41) is 2.72. The topological polar surface area (TPSA) is 84.5 Å². The number of rotatable bonds is 3. The van der Waals surface area contributed by atoms with Crippen LogP contribution < -0.4 is 11.1 Å². The van der Waals surface area contributed by atoms with E-state index >= 15 is 0 Å². The van der Waals surface area contributed by atoms with Crippen molar-refractivity contribution in [3.8, 4) is 0 Å². The summed E-state index contributed by atoms with van der Waals surface area (Å²) in [6, 6.07) is 16.9. The molecule has 3 N–H and O–H groups in total. The summed E-state index contributed by atoms with van der Waals surface area (Å²) >= 11 is 0. The second kappa shape index (κ2) is 5.53. The van der Waals surface area contributed by atoms with Crippen molar-refractivity contribution in [2.24, 2.45) is 10.1 Å². The van der Waals surface area contributed by atoms with Gasteiger partial charge in [0.1, 0.15) is 0 Å². The van der Waals surface area contributed by atoms with Crippen LogP contribution in [0.25, 0.3) is 0 Å². The number of anilines is 1. The van der Waals surface area contributed by atoms with Crippen molar-refractivity contribution in [3.63, 3.8) is 0 Å². The van der Waals surface area contributed by atoms with E-state index in [0.717, 1.165) is 0 Å². The fraction of sp³-hybridized carbons (Fsp3) is 0. The number of guanidine groups is 1. The van der Waals surface area contributed by atoms with Crippen molar-refractivity contribution < 1.29 is 8.42 Å². The zero-order valence-corrected chi connectivity index (χ0v) is 10.8. The summed E-state index contributed by atoms with van der Waals surface area (Å²) in [5.41, 5.74) is 6.26. The standard InChI is InChI=1S/C13H13N3O2S/c14-13(15-11-7-3-1-4-8-11)16-19(17,18)12-9-5-2-6-10-12/h1-10H,(H3,14,15,16). The Bertz CT molecular complexity index is 668. The van der Waals surface area contributed by atoms with Crippen LogP contribution in [0.1, 0.15) is 0 Å². The molecule has 0 saturated heterocycles. The van der Waals surface area contributed by atoms with Gasteiger partial charge in [0.05, 0.1) is 4.90 Å². The van der Waals surface area contributed by atoms with Crippen molar-refractivity contribution in [2.75, 3.05) is 5.32 Å². The van der Waals surface area contributed by atoms with Gasteiger partial charge in [-0.05, 0) is 24.3 Å². The van der Waals surface area contributed by atoms with E-state index in [0.29, 0.717) is 5.69 Å². The van der Waals surface area contributed by atoms with Crippen molar-refractivity contribution in [1.82, 2.24) is 0 Å². The lowest BCUT2D eigenvalue weighted by molar-refractivity contribution is 0.598. The van der Waals surface area contributed by atoms with Gasteiger partial charge in [0.2, 0.25) is 5.96 Å². The molecule has 6 heteroatoms. The molecule has 0 radical (unpaired) electrons. The molecule has 2 rings (SSSR count). The van der Waals surface area contributed by atoms with Crippen LogP contribution in [0.5, 0.6) is 0 Å². The van der Waals surface area contributed by atoms with Gasteiger partial charge in [-0.3, -0.25) is 0 Å². The number of hydrogen-bond donors (Lipinski definition) is 2. The highest BCUT2D eigenvalue weighted by Gasteiger charge is 2.12. The molecule has 0 heterocycles. The minimum atomic E-state index is -3.78. The van der Waals surface area contributed by atoms with Crippen LogP contribution in [0.15, 0.2) is 70.0 Å². The van der Waals surface area contributed by atoms with Crippen molar-refractivity contribution >= 4 is 21.7 Å². The summed E-state index contributed by atoms with van der Waals surface area (Å²) < 4.78 is 27.4. The Morgan fingerprint density at radius 2 is 1.47 bits per heavy atom. The zero-order valence-electron chi connectivity index (χ0n) is 10.0. The Balaban J connectivity index is 2.21. The van der Waals surface area contributed by atoms with Gasteiger partial charge in [-0.15, -0.1) is 4.40 Å². The predicted molar refractivity (Wildman–Crippen MR) is 75.3 cm³/mol. The molecule has 2 aromatic carbocycles. The summed E-state index contributed by atoms with van der Waals surface area (Å²) in [6.07, 6.45) is 0. The highest BCUT2D eigenvalue weighted by molar-refractivity contribution is 7.90. The highest BCUT2D eigenvalue weighted by Crippen LogP contribution is 2.11. The summed E-state index contributed by atoms with van der Waals surface area (Å²) in [4.78, 5) is 0.104. The Morgan fingerprint density at radius 1 is 0.947 bits per heavy atom. The molecule has 0 saturated carbocycles. The maximum atomic E-state index is 11.9. The van der Waals surface area contributed by atoms with Crippen LogP contribution in [0.2, 0.25) is 0 Å². The fourth-order valence-corrected chi connectivity index (χ4v) is 2.38. The number of nitrogens with zero attached hydrogens (tertiary/aromatic N) is 1. The van der Waals surface area contributed by atoms with E-state index in [9.17, 15) is 8.42 Å². The maximum Gasteiger partial charge on any atom is 0.285 e. The zero-order chi connectivity index (χ0) is 13.7. The molecular formula is C13H13N3O2S. The number of sulfonamides is 1. The first-order chi connectivity index (χ1) is 9.08. The van der Waals surface area contributed by atoms with Crippen LogP contribution in [0.4, 0.5) is 5.69 Å². The molecule has 0 aliphatic rings. The molecule has 0 aliphatic carbocycles. The molecule has 0 aliphatic heterocycles. The van der Waals surface area contributed by atoms with E-state index in [2.05, 4.69) is 9.71 Å². The molecule has 0 atom stereocenters. The SMILES string of the molecule is NC(=NS(=O)(=O)c1ccccc1)Nc1ccccc1. The van der Waals surface area contributed by atoms with Crippen molar-refractivity contribution in [2.45, 2.75) is 4.90 Å². The smallest absolute Gasteiger partial charge is 0.285 e. The Hall–Kier alpha value is -2.34. The largest absolute Gasteiger partial charge is 0.369 e. The monoisotopic (exact) mass is 275 g/mol. The second-order valence-corrected chi connectivity index (χ2v) is 5.36. The molecule has 0 unspecified atom stereocenters. The van der Waals surface area contributed by atoms with E-state index < -0.39 is 10.0 Å². The molecule has 5 nitrogen and oxygen atoms in total. The summed E-state index contributed by atoms with van der Waals surface area (Å²) in [5.74, 6) is -0.171. The average Bonchev–Trinajstić information content (AvgIpc) is 2.40. The van der Waals surface area contributed by atoms with Crippen LogP contribution in [-0.2, 0) is 10.0 Å². The first kappa shape index (κ1) is 13.1. The third kappa shape index (κ3) is 3.56. The molecule has 0 bridgehead atoms. The van der Waals surface area contributed by atoms with Crippen LogP contribution >= 0.6 is 0 Å². The second-order valence-electron chi connectivity index (χ2n) is 3.76. The number of nitrogens with one attached hydrogen (secondary N) is 1. The molecule has 0 fully saturated rings. The van der Waals surface area contributed by atoms with Crippen molar-refractivity contribution in [1.29, 1.82) is 0 Å². The lowest BCUT2D eigenvalue weighted by Gasteiger charge is -2.05. The Kier molecular flexibility index (Phi) is 3.82. The normalized spacial score (nSPS) is 12.1. The molecule has 2 aromatic rings. The van der Waals surface area contributed by atoms with Crippen LogP contribution in [0, 0.1) is 0 Å². The van der Waals surface area contributed by atoms with Gasteiger partial charge in [0.25, 0.3) is 10.0 Å². The quantitative estimate of drug-likeness (QED) is 0.661. The highest BCUT2D eigenvalue weighted by atomic mass is 32.2. The summed E-state index contributed by atoms with van der Waals surface area (Å²) in [7, 11) is -3.78. The average molecular weight is 275 g/mol. The van der Waals surface area contributed by atoms with E-state index in [-0.39, 0.29) is 10.9 Å². The third-order valence-electron chi connectivity index (χ3n) is 2.31. The van der Waals surface area contributed by atoms with E-state index in [1.807, 2.05) is 6.07 Å². The molecule has 0 aromatic heterocycles. The van der Waals surface area contributed by atoms with Gasteiger partial charge >= 0.3 is 0 Å². The predicted octanol–water partition coefficient (Wildman–Crippen LogP) is 1.80. The molecule has 19 heavy (non-hydrogen) atoms. The van der Waals surface area contributed by atoms with Crippen LogP contribution in [0.3, 0.4) is 0 Å². The minimum Gasteiger partial charge on any atom is -0.369 e. The van der Waals surface area contributed by atoms with Gasteiger partial charge in [-0.25, -0.2) is 0 Å². The van der Waals surface area contributed by atoms with E-state index in [1.54, 1.807) is 42.5 Å². The van der Waals surface area contributed by atoms with Crippen LogP contribution in [-0.4, -0.2) is 14.4 Å². The number of hydrogen-bond acceptors (Lipinski definition) is 2.